The fraction of sp³-hybridized carbons (Fsp3) is 0.308. The number of nitrogens with one attached hydrogen (secondary N) is 2. The number of hydrogen-bond acceptors (Lipinski definition) is 6. The Morgan fingerprint density at radius 2 is 2.05 bits per heavy atom. The lowest BCUT2D eigenvalue weighted by atomic mass is 10.1. The van der Waals surface area contributed by atoms with Crippen molar-refractivity contribution in [1.29, 1.82) is 0 Å². The predicted molar refractivity (Wildman–Crippen MR) is 74.4 cm³/mol. The summed E-state index contributed by atoms with van der Waals surface area (Å²) in [5.41, 5.74) is 2.30. The van der Waals surface area contributed by atoms with Crippen molar-refractivity contribution in [3.8, 4) is 5.75 Å². The summed E-state index contributed by atoms with van der Waals surface area (Å²) in [7, 11) is 3.39. The molecule has 6 heteroatoms. The van der Waals surface area contributed by atoms with E-state index in [4.69, 9.17) is 4.74 Å². The summed E-state index contributed by atoms with van der Waals surface area (Å²) >= 11 is 0. The molecule has 0 spiro atoms. The second-order valence-electron chi connectivity index (χ2n) is 4.01. The van der Waals surface area contributed by atoms with Crippen LogP contribution in [0.5, 0.6) is 5.75 Å². The van der Waals surface area contributed by atoms with Gasteiger partial charge >= 0.3 is 0 Å². The molecule has 2 rings (SSSR count). The van der Waals surface area contributed by atoms with E-state index in [1.54, 1.807) is 20.4 Å². The van der Waals surface area contributed by atoms with E-state index in [1.807, 2.05) is 12.3 Å². The van der Waals surface area contributed by atoms with Gasteiger partial charge in [-0.05, 0) is 24.1 Å². The number of aryl methyl sites for hydroxylation is 1. The first-order valence-electron chi connectivity index (χ1n) is 5.96. The summed E-state index contributed by atoms with van der Waals surface area (Å²) in [6.07, 6.45) is 5.12. The number of anilines is 2. The molecule has 0 aromatic carbocycles. The minimum Gasteiger partial charge on any atom is -0.490 e. The molecule has 0 atom stereocenters. The first-order chi connectivity index (χ1) is 9.26. The molecule has 2 heterocycles. The third-order valence-corrected chi connectivity index (χ3v) is 2.84. The number of ether oxygens (including phenoxy) is 1. The van der Waals surface area contributed by atoms with Crippen molar-refractivity contribution in [3.63, 3.8) is 0 Å². The molecule has 0 aliphatic rings. The summed E-state index contributed by atoms with van der Waals surface area (Å²) in [6.45, 7) is 2.69. The molecule has 0 amide bonds. The van der Waals surface area contributed by atoms with Gasteiger partial charge in [0.25, 0.3) is 0 Å². The van der Waals surface area contributed by atoms with Gasteiger partial charge in [0.1, 0.15) is 6.33 Å². The van der Waals surface area contributed by atoms with Gasteiger partial charge in [-0.15, -0.1) is 0 Å². The Bertz CT molecular complexity index is 558. The molecule has 0 radical (unpaired) electrons. The predicted octanol–water partition coefficient (Wildman–Crippen LogP) is 1.84. The van der Waals surface area contributed by atoms with Gasteiger partial charge in [0.05, 0.1) is 7.11 Å². The highest BCUT2D eigenvalue weighted by Gasteiger charge is 2.10. The lowest BCUT2D eigenvalue weighted by Crippen LogP contribution is -2.07. The van der Waals surface area contributed by atoms with Crippen molar-refractivity contribution >= 4 is 11.6 Å². The number of pyridine rings is 1. The van der Waals surface area contributed by atoms with Crippen molar-refractivity contribution in [2.24, 2.45) is 0 Å². The Labute approximate surface area is 112 Å². The highest BCUT2D eigenvalue weighted by molar-refractivity contribution is 5.63. The number of methoxy groups -OCH3 is 1. The molecule has 100 valence electrons. The maximum absolute atomic E-state index is 5.32. The average Bonchev–Trinajstić information content (AvgIpc) is 2.45. The molecule has 0 bridgehead atoms. The quantitative estimate of drug-likeness (QED) is 0.853. The first-order valence-corrected chi connectivity index (χ1v) is 5.96. The molecule has 0 unspecified atom stereocenters. The van der Waals surface area contributed by atoms with Crippen molar-refractivity contribution in [2.75, 3.05) is 24.8 Å². The summed E-state index contributed by atoms with van der Waals surface area (Å²) in [5.74, 6) is 1.92. The third kappa shape index (κ3) is 2.90. The number of rotatable bonds is 5. The fourth-order valence-corrected chi connectivity index (χ4v) is 1.73. The van der Waals surface area contributed by atoms with E-state index in [1.165, 1.54) is 11.9 Å². The Morgan fingerprint density at radius 1 is 1.26 bits per heavy atom. The third-order valence-electron chi connectivity index (χ3n) is 2.84. The van der Waals surface area contributed by atoms with Crippen LogP contribution in [0.3, 0.4) is 0 Å². The van der Waals surface area contributed by atoms with E-state index in [-0.39, 0.29) is 0 Å². The summed E-state index contributed by atoms with van der Waals surface area (Å²) in [4.78, 5) is 12.4. The summed E-state index contributed by atoms with van der Waals surface area (Å²) < 4.78 is 5.32. The lowest BCUT2D eigenvalue weighted by molar-refractivity contribution is 0.415. The standard InChI is InChI=1S/C13H17N5O/c1-9-4-5-15-6-10(9)7-16-13-11(19-3)12(14-2)17-8-18-13/h4-6,8H,7H2,1-3H3,(H2,14,16,17,18). The molecular weight excluding hydrogens is 242 g/mol. The monoisotopic (exact) mass is 259 g/mol. The largest absolute Gasteiger partial charge is 0.490 e. The van der Waals surface area contributed by atoms with E-state index in [9.17, 15) is 0 Å². The van der Waals surface area contributed by atoms with Crippen molar-refractivity contribution < 1.29 is 4.74 Å². The van der Waals surface area contributed by atoms with E-state index < -0.39 is 0 Å². The minimum atomic E-state index is 0.603. The van der Waals surface area contributed by atoms with Gasteiger partial charge in [-0.1, -0.05) is 0 Å². The van der Waals surface area contributed by atoms with Crippen LogP contribution in [0.2, 0.25) is 0 Å². The zero-order chi connectivity index (χ0) is 13.7. The molecule has 19 heavy (non-hydrogen) atoms. The molecule has 0 saturated heterocycles. The van der Waals surface area contributed by atoms with E-state index in [0.717, 1.165) is 5.56 Å². The van der Waals surface area contributed by atoms with Gasteiger partial charge in [0.15, 0.2) is 11.6 Å². The van der Waals surface area contributed by atoms with Gasteiger partial charge < -0.3 is 15.4 Å². The molecular formula is C13H17N5O. The van der Waals surface area contributed by atoms with Crippen LogP contribution in [0.4, 0.5) is 11.6 Å². The molecule has 2 aromatic heterocycles. The second kappa shape index (κ2) is 5.99. The molecule has 6 nitrogen and oxygen atoms in total. The van der Waals surface area contributed by atoms with Crippen molar-refractivity contribution in [3.05, 3.63) is 35.9 Å². The van der Waals surface area contributed by atoms with Crippen LogP contribution < -0.4 is 15.4 Å². The zero-order valence-electron chi connectivity index (χ0n) is 11.3. The first kappa shape index (κ1) is 13.1. The van der Waals surface area contributed by atoms with E-state index in [0.29, 0.717) is 23.9 Å². The smallest absolute Gasteiger partial charge is 0.204 e. The number of aromatic nitrogens is 3. The van der Waals surface area contributed by atoms with Crippen LogP contribution in [0.15, 0.2) is 24.8 Å². The molecule has 0 aliphatic heterocycles. The van der Waals surface area contributed by atoms with Crippen LogP contribution in [0, 0.1) is 6.92 Å². The Hall–Kier alpha value is -2.37. The second-order valence-corrected chi connectivity index (χ2v) is 4.01. The van der Waals surface area contributed by atoms with Gasteiger partial charge in [0, 0.05) is 26.0 Å². The Kier molecular flexibility index (Phi) is 4.12. The van der Waals surface area contributed by atoms with Gasteiger partial charge in [0.2, 0.25) is 5.75 Å². The van der Waals surface area contributed by atoms with Crippen LogP contribution in [-0.2, 0) is 6.54 Å². The SMILES string of the molecule is CNc1ncnc(NCc2cnccc2C)c1OC. The minimum absolute atomic E-state index is 0.603. The van der Waals surface area contributed by atoms with Crippen molar-refractivity contribution in [1.82, 2.24) is 15.0 Å². The number of nitrogens with zero attached hydrogens (tertiary/aromatic N) is 3. The van der Waals surface area contributed by atoms with Gasteiger partial charge in [-0.3, -0.25) is 4.98 Å². The Balaban J connectivity index is 2.18. The lowest BCUT2D eigenvalue weighted by Gasteiger charge is -2.13. The maximum atomic E-state index is 5.32. The molecule has 2 aromatic rings. The van der Waals surface area contributed by atoms with Crippen LogP contribution >= 0.6 is 0 Å². The molecule has 2 N–H and O–H groups in total. The van der Waals surface area contributed by atoms with Gasteiger partial charge in [-0.25, -0.2) is 9.97 Å². The topological polar surface area (TPSA) is 72.0 Å². The van der Waals surface area contributed by atoms with Crippen molar-refractivity contribution in [2.45, 2.75) is 13.5 Å². The Morgan fingerprint density at radius 3 is 2.74 bits per heavy atom. The van der Waals surface area contributed by atoms with Crippen LogP contribution in [-0.4, -0.2) is 29.1 Å². The van der Waals surface area contributed by atoms with E-state index in [2.05, 4.69) is 32.5 Å². The molecule has 0 aliphatic carbocycles. The normalized spacial score (nSPS) is 10.1. The highest BCUT2D eigenvalue weighted by Crippen LogP contribution is 2.28. The van der Waals surface area contributed by atoms with E-state index >= 15 is 0 Å². The fourth-order valence-electron chi connectivity index (χ4n) is 1.73. The van der Waals surface area contributed by atoms with Crippen LogP contribution in [0.25, 0.3) is 0 Å². The molecule has 0 fully saturated rings. The number of hydrogen-bond donors (Lipinski definition) is 2. The average molecular weight is 259 g/mol. The maximum Gasteiger partial charge on any atom is 0.204 e. The van der Waals surface area contributed by atoms with Crippen LogP contribution in [0.1, 0.15) is 11.1 Å². The zero-order valence-corrected chi connectivity index (χ0v) is 11.3. The summed E-state index contributed by atoms with van der Waals surface area (Å²) in [6, 6.07) is 1.98. The highest BCUT2D eigenvalue weighted by atomic mass is 16.5. The molecule has 0 saturated carbocycles. The summed E-state index contributed by atoms with van der Waals surface area (Å²) in [5, 5.41) is 6.21. The van der Waals surface area contributed by atoms with Gasteiger partial charge in [-0.2, -0.15) is 0 Å².